The third kappa shape index (κ3) is 3.26. The molecule has 0 aliphatic heterocycles. The van der Waals surface area contributed by atoms with Gasteiger partial charge in [0, 0.05) is 6.04 Å². The molecule has 1 heterocycles. The lowest BCUT2D eigenvalue weighted by molar-refractivity contribution is 0.143. The fourth-order valence-electron chi connectivity index (χ4n) is 2.35. The van der Waals surface area contributed by atoms with Gasteiger partial charge in [-0.1, -0.05) is 6.92 Å². The Hall–Kier alpha value is -2.25. The minimum absolute atomic E-state index is 0.161. The van der Waals surface area contributed by atoms with Crippen LogP contribution in [0.4, 0.5) is 0 Å². The first kappa shape index (κ1) is 15.1. The van der Waals surface area contributed by atoms with Crippen LogP contribution in [0, 0.1) is 25.2 Å². The van der Waals surface area contributed by atoms with Crippen LogP contribution in [0.2, 0.25) is 0 Å². The maximum Gasteiger partial charge on any atom is 0.171 e. The van der Waals surface area contributed by atoms with Crippen molar-refractivity contribution >= 4 is 0 Å². The molecule has 4 nitrogen and oxygen atoms in total. The van der Waals surface area contributed by atoms with Crippen molar-refractivity contribution in [3.05, 3.63) is 53.0 Å². The van der Waals surface area contributed by atoms with Crippen molar-refractivity contribution in [2.45, 2.75) is 39.3 Å². The summed E-state index contributed by atoms with van der Waals surface area (Å²) >= 11 is 0. The molecule has 0 saturated heterocycles. The fourth-order valence-corrected chi connectivity index (χ4v) is 2.35. The van der Waals surface area contributed by atoms with Gasteiger partial charge in [-0.2, -0.15) is 5.26 Å². The molecular formula is C17H20N2O2. The van der Waals surface area contributed by atoms with E-state index in [9.17, 15) is 0 Å². The van der Waals surface area contributed by atoms with Gasteiger partial charge in [0.25, 0.3) is 0 Å². The summed E-state index contributed by atoms with van der Waals surface area (Å²) in [5.41, 5.74) is 8.65. The molecule has 0 aliphatic carbocycles. The van der Waals surface area contributed by atoms with E-state index in [1.165, 1.54) is 0 Å². The zero-order valence-electron chi connectivity index (χ0n) is 12.6. The van der Waals surface area contributed by atoms with E-state index in [2.05, 4.69) is 6.07 Å². The molecule has 0 saturated carbocycles. The number of benzene rings is 1. The molecule has 2 aromatic rings. The first-order valence-electron chi connectivity index (χ1n) is 7.03. The van der Waals surface area contributed by atoms with Gasteiger partial charge >= 0.3 is 0 Å². The smallest absolute Gasteiger partial charge is 0.171 e. The number of rotatable bonds is 5. The van der Waals surface area contributed by atoms with Gasteiger partial charge in [0.05, 0.1) is 17.9 Å². The first-order valence-corrected chi connectivity index (χ1v) is 7.03. The minimum atomic E-state index is -0.338. The van der Waals surface area contributed by atoms with Crippen LogP contribution >= 0.6 is 0 Å². The molecule has 1 aromatic carbocycles. The molecule has 110 valence electrons. The van der Waals surface area contributed by atoms with E-state index in [4.69, 9.17) is 20.1 Å². The van der Waals surface area contributed by atoms with Gasteiger partial charge in [-0.05, 0) is 55.7 Å². The average Bonchev–Trinajstić information content (AvgIpc) is 2.99. The SMILES string of the molecule is CCC(N)C(Oc1c(C)cc(C#N)cc1C)c1ccco1. The largest absolute Gasteiger partial charge is 0.480 e. The van der Waals surface area contributed by atoms with Crippen molar-refractivity contribution in [3.8, 4) is 11.8 Å². The Labute approximate surface area is 125 Å². The number of ether oxygens (including phenoxy) is 1. The zero-order chi connectivity index (χ0) is 15.4. The molecule has 2 rings (SSSR count). The molecule has 2 unspecified atom stereocenters. The Morgan fingerprint density at radius 2 is 2.00 bits per heavy atom. The summed E-state index contributed by atoms with van der Waals surface area (Å²) in [4.78, 5) is 0. The highest BCUT2D eigenvalue weighted by Gasteiger charge is 2.24. The third-order valence-corrected chi connectivity index (χ3v) is 3.52. The van der Waals surface area contributed by atoms with Gasteiger partial charge in [-0.15, -0.1) is 0 Å². The Balaban J connectivity index is 2.36. The monoisotopic (exact) mass is 284 g/mol. The standard InChI is InChI=1S/C17H20N2O2/c1-4-14(19)17(15-6-5-7-20-15)21-16-11(2)8-13(10-18)9-12(16)3/h5-9,14,17H,4,19H2,1-3H3. The third-order valence-electron chi connectivity index (χ3n) is 3.52. The summed E-state index contributed by atoms with van der Waals surface area (Å²) in [6.07, 6.45) is 2.06. The number of hydrogen-bond donors (Lipinski definition) is 1. The van der Waals surface area contributed by atoms with Crippen LogP contribution in [0.15, 0.2) is 34.9 Å². The molecule has 0 aliphatic rings. The molecule has 0 amide bonds. The van der Waals surface area contributed by atoms with E-state index >= 15 is 0 Å². The second-order valence-corrected chi connectivity index (χ2v) is 5.18. The van der Waals surface area contributed by atoms with E-state index in [1.807, 2.05) is 45.0 Å². The van der Waals surface area contributed by atoms with E-state index in [1.54, 1.807) is 6.26 Å². The van der Waals surface area contributed by atoms with Crippen molar-refractivity contribution in [1.82, 2.24) is 0 Å². The van der Waals surface area contributed by atoms with Crippen LogP contribution in [0.25, 0.3) is 0 Å². The number of nitrogens with two attached hydrogens (primary N) is 1. The van der Waals surface area contributed by atoms with Crippen LogP contribution in [-0.4, -0.2) is 6.04 Å². The number of aryl methyl sites for hydroxylation is 2. The van der Waals surface area contributed by atoms with Gasteiger partial charge < -0.3 is 14.9 Å². The van der Waals surface area contributed by atoms with Crippen molar-refractivity contribution in [2.24, 2.45) is 5.73 Å². The normalized spacial score (nSPS) is 13.5. The van der Waals surface area contributed by atoms with Crippen molar-refractivity contribution < 1.29 is 9.15 Å². The molecule has 0 fully saturated rings. The van der Waals surface area contributed by atoms with Gasteiger partial charge in [0.15, 0.2) is 6.10 Å². The molecular weight excluding hydrogens is 264 g/mol. The molecule has 1 aromatic heterocycles. The van der Waals surface area contributed by atoms with Gasteiger partial charge in [0.1, 0.15) is 11.5 Å². The lowest BCUT2D eigenvalue weighted by Crippen LogP contribution is -2.31. The predicted molar refractivity (Wildman–Crippen MR) is 81.0 cm³/mol. The van der Waals surface area contributed by atoms with Gasteiger partial charge in [-0.25, -0.2) is 0 Å². The summed E-state index contributed by atoms with van der Waals surface area (Å²) in [6, 6.07) is 9.32. The summed E-state index contributed by atoms with van der Waals surface area (Å²) in [6.45, 7) is 5.88. The highest BCUT2D eigenvalue weighted by molar-refractivity contribution is 5.47. The molecule has 0 radical (unpaired) electrons. The summed E-state index contributed by atoms with van der Waals surface area (Å²) in [5.74, 6) is 1.48. The Bertz CT molecular complexity index is 618. The van der Waals surface area contributed by atoms with E-state index < -0.39 is 0 Å². The Kier molecular flexibility index (Phi) is 4.66. The quantitative estimate of drug-likeness (QED) is 0.910. The van der Waals surface area contributed by atoms with Gasteiger partial charge in [0.2, 0.25) is 0 Å². The molecule has 2 N–H and O–H groups in total. The van der Waals surface area contributed by atoms with Crippen molar-refractivity contribution in [3.63, 3.8) is 0 Å². The number of nitriles is 1. The molecule has 0 spiro atoms. The number of furan rings is 1. The van der Waals surface area contributed by atoms with E-state index in [-0.39, 0.29) is 12.1 Å². The fraction of sp³-hybridized carbons (Fsp3) is 0.353. The Morgan fingerprint density at radius 3 is 2.48 bits per heavy atom. The van der Waals surface area contributed by atoms with Crippen LogP contribution < -0.4 is 10.5 Å². The molecule has 21 heavy (non-hydrogen) atoms. The van der Waals surface area contributed by atoms with Crippen molar-refractivity contribution in [1.29, 1.82) is 5.26 Å². The van der Waals surface area contributed by atoms with Crippen LogP contribution in [-0.2, 0) is 0 Å². The minimum Gasteiger partial charge on any atom is -0.480 e. The molecule has 2 atom stereocenters. The lowest BCUT2D eigenvalue weighted by Gasteiger charge is -2.24. The van der Waals surface area contributed by atoms with Crippen LogP contribution in [0.5, 0.6) is 5.75 Å². The topological polar surface area (TPSA) is 72.2 Å². The summed E-state index contributed by atoms with van der Waals surface area (Å²) in [7, 11) is 0. The second kappa shape index (κ2) is 6.47. The Morgan fingerprint density at radius 1 is 1.33 bits per heavy atom. The first-order chi connectivity index (χ1) is 10.1. The molecule has 0 bridgehead atoms. The molecule has 4 heteroatoms. The van der Waals surface area contributed by atoms with E-state index in [0.717, 1.165) is 23.3 Å². The maximum absolute atomic E-state index is 9.01. The highest BCUT2D eigenvalue weighted by atomic mass is 16.5. The zero-order valence-corrected chi connectivity index (χ0v) is 12.6. The van der Waals surface area contributed by atoms with Gasteiger partial charge in [-0.3, -0.25) is 0 Å². The summed E-state index contributed by atoms with van der Waals surface area (Å²) < 4.78 is 11.6. The lowest BCUT2D eigenvalue weighted by atomic mass is 10.0. The predicted octanol–water partition coefficient (Wildman–Crippen LogP) is 3.63. The van der Waals surface area contributed by atoms with Crippen LogP contribution in [0.1, 0.15) is 41.9 Å². The summed E-state index contributed by atoms with van der Waals surface area (Å²) in [5, 5.41) is 9.01. The second-order valence-electron chi connectivity index (χ2n) is 5.18. The van der Waals surface area contributed by atoms with Crippen molar-refractivity contribution in [2.75, 3.05) is 0 Å². The average molecular weight is 284 g/mol. The number of nitrogens with zero attached hydrogens (tertiary/aromatic N) is 1. The number of hydrogen-bond acceptors (Lipinski definition) is 4. The maximum atomic E-state index is 9.01. The van der Waals surface area contributed by atoms with E-state index in [0.29, 0.717) is 11.3 Å². The highest BCUT2D eigenvalue weighted by Crippen LogP contribution is 2.31. The van der Waals surface area contributed by atoms with Crippen LogP contribution in [0.3, 0.4) is 0 Å².